The highest BCUT2D eigenvalue weighted by Crippen LogP contribution is 2.76. The van der Waals surface area contributed by atoms with Crippen LogP contribution in [0.2, 0.25) is 0 Å². The lowest BCUT2D eigenvalue weighted by Gasteiger charge is -2.69. The van der Waals surface area contributed by atoms with Crippen LogP contribution in [0.1, 0.15) is 74.3 Å². The molecule has 24 heavy (non-hydrogen) atoms. The average molecular weight is 314 g/mol. The Bertz CT molecular complexity index is 753. The summed E-state index contributed by atoms with van der Waals surface area (Å²) in [6.07, 6.45) is 11.6. The molecule has 0 radical (unpaired) electrons. The Kier molecular flexibility index (Phi) is 2.31. The third-order valence-corrected chi connectivity index (χ3v) is 8.75. The molecule has 0 aromatic heterocycles. The SMILES string of the molecule is c1ccc2c(c1)[C@@H]1[C@@H]3C4=C(CCCC4)[C@H]3[C@H]3C4=C(CCCC4)[C@@H]3[C@H]21. The maximum atomic E-state index is 2.46. The fourth-order valence-electron chi connectivity index (χ4n) is 8.10. The molecular formula is C24H26. The quantitative estimate of drug-likeness (QED) is 0.400. The second-order valence-corrected chi connectivity index (χ2v) is 9.30. The summed E-state index contributed by atoms with van der Waals surface area (Å²) >= 11 is 0. The molecule has 1 fully saturated rings. The van der Waals surface area contributed by atoms with Gasteiger partial charge in [-0.2, -0.15) is 0 Å². The molecule has 6 aliphatic rings. The number of hydrogen-bond donors (Lipinski definition) is 0. The van der Waals surface area contributed by atoms with Crippen LogP contribution < -0.4 is 0 Å². The first kappa shape index (κ1) is 13.0. The van der Waals surface area contributed by atoms with E-state index in [4.69, 9.17) is 0 Å². The van der Waals surface area contributed by atoms with Crippen LogP contribution >= 0.6 is 0 Å². The Hall–Kier alpha value is -1.30. The molecule has 0 heteroatoms. The van der Waals surface area contributed by atoms with Crippen molar-refractivity contribution in [3.05, 3.63) is 57.7 Å². The van der Waals surface area contributed by atoms with Gasteiger partial charge in [-0.3, -0.25) is 0 Å². The lowest BCUT2D eigenvalue weighted by Crippen LogP contribution is -2.59. The molecule has 0 spiro atoms. The molecular weight excluding hydrogens is 288 g/mol. The van der Waals surface area contributed by atoms with E-state index in [1.807, 2.05) is 22.3 Å². The average Bonchev–Trinajstić information content (AvgIpc) is 2.62. The summed E-state index contributed by atoms with van der Waals surface area (Å²) in [7, 11) is 0. The van der Waals surface area contributed by atoms with Crippen molar-refractivity contribution in [2.24, 2.45) is 23.7 Å². The molecule has 0 N–H and O–H groups in total. The normalized spacial score (nSPS) is 43.8. The van der Waals surface area contributed by atoms with Gasteiger partial charge in [-0.15, -0.1) is 0 Å². The Labute approximate surface area is 145 Å². The number of hydrogen-bond acceptors (Lipinski definition) is 0. The van der Waals surface area contributed by atoms with Gasteiger partial charge in [0, 0.05) is 0 Å². The van der Waals surface area contributed by atoms with E-state index in [2.05, 4.69) is 24.3 Å². The van der Waals surface area contributed by atoms with Gasteiger partial charge in [-0.25, -0.2) is 0 Å². The molecule has 1 aromatic carbocycles. The summed E-state index contributed by atoms with van der Waals surface area (Å²) in [5, 5.41) is 0. The van der Waals surface area contributed by atoms with Gasteiger partial charge in [0.1, 0.15) is 0 Å². The van der Waals surface area contributed by atoms with E-state index in [-0.39, 0.29) is 0 Å². The summed E-state index contributed by atoms with van der Waals surface area (Å²) < 4.78 is 0. The van der Waals surface area contributed by atoms with Crippen molar-refractivity contribution >= 4 is 0 Å². The van der Waals surface area contributed by atoms with Gasteiger partial charge in [-0.1, -0.05) is 46.6 Å². The smallest absolute Gasteiger partial charge is 0.00125 e. The minimum atomic E-state index is 0.889. The van der Waals surface area contributed by atoms with Crippen LogP contribution in [0.5, 0.6) is 0 Å². The maximum Gasteiger partial charge on any atom is -0.00125 e. The van der Waals surface area contributed by atoms with E-state index in [0.717, 1.165) is 35.5 Å². The largest absolute Gasteiger partial charge is 0.0663 e. The molecule has 0 unspecified atom stereocenters. The molecule has 0 amide bonds. The van der Waals surface area contributed by atoms with Crippen molar-refractivity contribution in [2.75, 3.05) is 0 Å². The summed E-state index contributed by atoms with van der Waals surface area (Å²) in [5.74, 6) is 5.60. The van der Waals surface area contributed by atoms with Crippen molar-refractivity contribution in [1.82, 2.24) is 0 Å². The number of fused-ring (bicyclic) bond motifs is 13. The molecule has 6 atom stereocenters. The van der Waals surface area contributed by atoms with Crippen molar-refractivity contribution in [1.29, 1.82) is 0 Å². The Balaban J connectivity index is 1.43. The van der Waals surface area contributed by atoms with E-state index in [9.17, 15) is 0 Å². The van der Waals surface area contributed by atoms with E-state index >= 15 is 0 Å². The predicted octanol–water partition coefficient (Wildman–Crippen LogP) is 6.11. The highest BCUT2D eigenvalue weighted by molar-refractivity contribution is 5.59. The molecule has 0 bridgehead atoms. The fourth-order valence-corrected chi connectivity index (χ4v) is 8.10. The third-order valence-electron chi connectivity index (χ3n) is 8.75. The van der Waals surface area contributed by atoms with E-state index < -0.39 is 0 Å². The lowest BCUT2D eigenvalue weighted by atomic mass is 9.35. The molecule has 122 valence electrons. The van der Waals surface area contributed by atoms with Crippen LogP contribution in [0.4, 0.5) is 0 Å². The van der Waals surface area contributed by atoms with Crippen LogP contribution in [-0.2, 0) is 0 Å². The van der Waals surface area contributed by atoms with Crippen molar-refractivity contribution < 1.29 is 0 Å². The Morgan fingerprint density at radius 1 is 0.458 bits per heavy atom. The van der Waals surface area contributed by atoms with Gasteiger partial charge >= 0.3 is 0 Å². The minimum Gasteiger partial charge on any atom is -0.0663 e. The van der Waals surface area contributed by atoms with Gasteiger partial charge in [0.2, 0.25) is 0 Å². The van der Waals surface area contributed by atoms with Crippen LogP contribution in [-0.4, -0.2) is 0 Å². The zero-order valence-electron chi connectivity index (χ0n) is 14.4. The lowest BCUT2D eigenvalue weighted by molar-refractivity contribution is 0.0391. The predicted molar refractivity (Wildman–Crippen MR) is 96.9 cm³/mol. The van der Waals surface area contributed by atoms with E-state index in [1.54, 1.807) is 11.1 Å². The minimum absolute atomic E-state index is 0.889. The van der Waals surface area contributed by atoms with Gasteiger partial charge < -0.3 is 0 Å². The van der Waals surface area contributed by atoms with E-state index in [0.29, 0.717) is 0 Å². The Morgan fingerprint density at radius 3 is 1.17 bits per heavy atom. The highest BCUT2D eigenvalue weighted by atomic mass is 14.7. The topological polar surface area (TPSA) is 0 Å². The van der Waals surface area contributed by atoms with Crippen molar-refractivity contribution in [2.45, 2.75) is 63.2 Å². The molecule has 7 rings (SSSR count). The molecule has 6 aliphatic carbocycles. The second-order valence-electron chi connectivity index (χ2n) is 9.30. The second kappa shape index (κ2) is 4.26. The monoisotopic (exact) mass is 314 g/mol. The Morgan fingerprint density at radius 2 is 0.792 bits per heavy atom. The first-order valence-corrected chi connectivity index (χ1v) is 10.5. The van der Waals surface area contributed by atoms with Gasteiger partial charge in [0.25, 0.3) is 0 Å². The fraction of sp³-hybridized carbons (Fsp3) is 0.583. The van der Waals surface area contributed by atoms with E-state index in [1.165, 1.54) is 51.4 Å². The zero-order valence-corrected chi connectivity index (χ0v) is 14.4. The highest BCUT2D eigenvalue weighted by Gasteiger charge is 2.66. The van der Waals surface area contributed by atoms with Crippen LogP contribution in [0.3, 0.4) is 0 Å². The number of allylic oxidation sites excluding steroid dienone is 4. The molecule has 0 nitrogen and oxygen atoms in total. The molecule has 0 aliphatic heterocycles. The number of benzene rings is 1. The summed E-state index contributed by atoms with van der Waals surface area (Å²) in [6.45, 7) is 0. The summed E-state index contributed by atoms with van der Waals surface area (Å²) in [4.78, 5) is 0. The third kappa shape index (κ3) is 1.26. The van der Waals surface area contributed by atoms with Crippen molar-refractivity contribution in [3.8, 4) is 0 Å². The first-order valence-electron chi connectivity index (χ1n) is 10.5. The van der Waals surface area contributed by atoms with Crippen molar-refractivity contribution in [3.63, 3.8) is 0 Å². The maximum absolute atomic E-state index is 2.46. The van der Waals surface area contributed by atoms with Gasteiger partial charge in [0.15, 0.2) is 0 Å². The molecule has 0 saturated heterocycles. The zero-order chi connectivity index (χ0) is 15.4. The summed E-state index contributed by atoms with van der Waals surface area (Å²) in [5.41, 5.74) is 11.3. The van der Waals surface area contributed by atoms with Crippen LogP contribution in [0.15, 0.2) is 46.6 Å². The van der Waals surface area contributed by atoms with Crippen LogP contribution in [0.25, 0.3) is 0 Å². The van der Waals surface area contributed by atoms with Crippen LogP contribution in [0, 0.1) is 23.7 Å². The number of rotatable bonds is 0. The van der Waals surface area contributed by atoms with Gasteiger partial charge in [-0.05, 0) is 98.0 Å². The first-order chi connectivity index (χ1) is 11.9. The van der Waals surface area contributed by atoms with Gasteiger partial charge in [0.05, 0.1) is 0 Å². The standard InChI is InChI=1S/C24H26/c1-2-8-14-13(7-1)19-20(14)22-17-11-5-6-12-18(17)24(22)23-16-10-4-3-9-15(16)21(19)23/h1-2,7-8,19-24H,3-6,9-12H2/t19-,20+,21-,22+,23+,24-. The molecule has 1 saturated carbocycles. The molecule has 0 heterocycles. The summed E-state index contributed by atoms with van der Waals surface area (Å²) in [6, 6.07) is 9.50. The molecule has 1 aromatic rings.